The Bertz CT molecular complexity index is 676. The highest BCUT2D eigenvalue weighted by atomic mass is 16.2. The van der Waals surface area contributed by atoms with Crippen molar-refractivity contribution in [1.29, 1.82) is 0 Å². The van der Waals surface area contributed by atoms with Crippen LogP contribution >= 0.6 is 0 Å². The van der Waals surface area contributed by atoms with Gasteiger partial charge in [0.2, 0.25) is 5.91 Å². The third-order valence-electron chi connectivity index (χ3n) is 4.54. The van der Waals surface area contributed by atoms with E-state index < -0.39 is 0 Å². The Balaban J connectivity index is 1.74. The second-order valence-corrected chi connectivity index (χ2v) is 6.38. The summed E-state index contributed by atoms with van der Waals surface area (Å²) in [4.78, 5) is 21.0. The third kappa shape index (κ3) is 2.86. The average molecular weight is 300 g/mol. The molecule has 0 N–H and O–H groups in total. The fourth-order valence-electron chi connectivity index (χ4n) is 3.30. The Hall–Kier alpha value is -1.88. The number of benzene rings is 1. The molecule has 0 radical (unpaired) electrons. The average Bonchev–Trinajstić information content (AvgIpc) is 2.83. The third-order valence-corrected chi connectivity index (χ3v) is 4.54. The maximum absolute atomic E-state index is 12.2. The quantitative estimate of drug-likeness (QED) is 0.869. The molecule has 0 unspecified atom stereocenters. The van der Waals surface area contributed by atoms with Gasteiger partial charge in [0, 0.05) is 27.7 Å². The highest BCUT2D eigenvalue weighted by molar-refractivity contribution is 5.78. The fourth-order valence-corrected chi connectivity index (χ4v) is 3.30. The van der Waals surface area contributed by atoms with Crippen molar-refractivity contribution in [1.82, 2.24) is 19.4 Å². The minimum Gasteiger partial charge on any atom is -0.349 e. The lowest BCUT2D eigenvalue weighted by atomic mass is 9.97. The highest BCUT2D eigenvalue weighted by Crippen LogP contribution is 2.21. The molecule has 0 spiro atoms. The number of hydrogen-bond donors (Lipinski definition) is 0. The largest absolute Gasteiger partial charge is 0.349 e. The van der Waals surface area contributed by atoms with Crippen LogP contribution in [-0.2, 0) is 18.4 Å². The van der Waals surface area contributed by atoms with Crippen molar-refractivity contribution in [2.75, 3.05) is 27.2 Å². The topological polar surface area (TPSA) is 41.4 Å². The van der Waals surface area contributed by atoms with Crippen LogP contribution in [0.25, 0.3) is 11.0 Å². The summed E-state index contributed by atoms with van der Waals surface area (Å²) >= 11 is 0. The first-order valence-corrected chi connectivity index (χ1v) is 7.90. The molecule has 1 atom stereocenters. The standard InChI is InChI=1S/C17H24N4O/c1-19(2)17(22)13-7-6-10-21(11-13)12-16-18-14-8-4-5-9-15(14)20(16)3/h4-5,8-9,13H,6-7,10-12H2,1-3H3/t13-/m1/s1. The lowest BCUT2D eigenvalue weighted by Gasteiger charge is -2.32. The van der Waals surface area contributed by atoms with E-state index in [1.807, 2.05) is 32.3 Å². The summed E-state index contributed by atoms with van der Waals surface area (Å²) in [7, 11) is 5.75. The van der Waals surface area contributed by atoms with Crippen LogP contribution in [0.3, 0.4) is 0 Å². The van der Waals surface area contributed by atoms with E-state index >= 15 is 0 Å². The van der Waals surface area contributed by atoms with Gasteiger partial charge in [0.1, 0.15) is 5.82 Å². The Labute approximate surface area is 131 Å². The number of amides is 1. The van der Waals surface area contributed by atoms with Crippen LogP contribution in [0.1, 0.15) is 18.7 Å². The van der Waals surface area contributed by atoms with Gasteiger partial charge in [-0.3, -0.25) is 9.69 Å². The summed E-state index contributed by atoms with van der Waals surface area (Å²) in [6, 6.07) is 8.21. The molecule has 0 aliphatic carbocycles. The molecule has 1 saturated heterocycles. The van der Waals surface area contributed by atoms with Crippen molar-refractivity contribution >= 4 is 16.9 Å². The number of piperidine rings is 1. The first-order chi connectivity index (χ1) is 10.6. The van der Waals surface area contributed by atoms with Gasteiger partial charge in [-0.25, -0.2) is 4.98 Å². The predicted octanol–water partition coefficient (Wildman–Crippen LogP) is 1.87. The van der Waals surface area contributed by atoms with E-state index in [0.717, 1.165) is 49.3 Å². The van der Waals surface area contributed by atoms with Gasteiger partial charge in [0.15, 0.2) is 0 Å². The van der Waals surface area contributed by atoms with Gasteiger partial charge < -0.3 is 9.47 Å². The number of rotatable bonds is 3. The number of carbonyl (C=O) groups excluding carboxylic acids is 1. The minimum absolute atomic E-state index is 0.124. The summed E-state index contributed by atoms with van der Waals surface area (Å²) < 4.78 is 2.16. The highest BCUT2D eigenvalue weighted by Gasteiger charge is 2.27. The van der Waals surface area contributed by atoms with E-state index in [9.17, 15) is 4.79 Å². The molecule has 1 aromatic carbocycles. The lowest BCUT2D eigenvalue weighted by Crippen LogP contribution is -2.42. The number of nitrogens with zero attached hydrogens (tertiary/aromatic N) is 4. The number of fused-ring (bicyclic) bond motifs is 1. The van der Waals surface area contributed by atoms with Crippen molar-refractivity contribution < 1.29 is 4.79 Å². The molecule has 0 saturated carbocycles. The summed E-state index contributed by atoms with van der Waals surface area (Å²) in [6.07, 6.45) is 2.07. The zero-order valence-corrected chi connectivity index (χ0v) is 13.6. The number of para-hydroxylation sites is 2. The summed E-state index contributed by atoms with van der Waals surface area (Å²) in [5.41, 5.74) is 2.20. The molecule has 1 aliphatic rings. The Morgan fingerprint density at radius 3 is 2.86 bits per heavy atom. The van der Waals surface area contributed by atoms with Gasteiger partial charge in [-0.2, -0.15) is 0 Å². The molecule has 22 heavy (non-hydrogen) atoms. The van der Waals surface area contributed by atoms with Crippen LogP contribution in [0, 0.1) is 5.92 Å². The zero-order valence-electron chi connectivity index (χ0n) is 13.6. The SMILES string of the molecule is CN(C)C(=O)[C@@H]1CCCN(Cc2nc3ccccc3n2C)C1. The van der Waals surface area contributed by atoms with Gasteiger partial charge in [0.25, 0.3) is 0 Å². The van der Waals surface area contributed by atoms with Crippen LogP contribution in [0.15, 0.2) is 24.3 Å². The molecule has 118 valence electrons. The molecule has 1 aliphatic heterocycles. The van der Waals surface area contributed by atoms with Crippen LogP contribution < -0.4 is 0 Å². The number of imidazole rings is 1. The van der Waals surface area contributed by atoms with Crippen molar-refractivity contribution in [3.63, 3.8) is 0 Å². The van der Waals surface area contributed by atoms with Gasteiger partial charge in [-0.15, -0.1) is 0 Å². The molecule has 5 nitrogen and oxygen atoms in total. The Morgan fingerprint density at radius 1 is 1.36 bits per heavy atom. The van der Waals surface area contributed by atoms with Crippen molar-refractivity contribution in [3.8, 4) is 0 Å². The Kier molecular flexibility index (Phi) is 4.16. The smallest absolute Gasteiger partial charge is 0.226 e. The van der Waals surface area contributed by atoms with Gasteiger partial charge >= 0.3 is 0 Å². The maximum atomic E-state index is 12.2. The maximum Gasteiger partial charge on any atom is 0.226 e. The predicted molar refractivity (Wildman–Crippen MR) is 87.4 cm³/mol. The van der Waals surface area contributed by atoms with Gasteiger partial charge in [0.05, 0.1) is 23.5 Å². The molecule has 3 rings (SSSR count). The van der Waals surface area contributed by atoms with E-state index in [1.165, 1.54) is 0 Å². The summed E-state index contributed by atoms with van der Waals surface area (Å²) in [6.45, 7) is 2.68. The first-order valence-electron chi connectivity index (χ1n) is 7.90. The van der Waals surface area contributed by atoms with Crippen molar-refractivity contribution in [2.45, 2.75) is 19.4 Å². The molecule has 2 heterocycles. The minimum atomic E-state index is 0.124. The first kappa shape index (κ1) is 15.0. The van der Waals surface area contributed by atoms with Gasteiger partial charge in [-0.1, -0.05) is 12.1 Å². The monoisotopic (exact) mass is 300 g/mol. The number of carbonyl (C=O) groups is 1. The summed E-state index contributed by atoms with van der Waals surface area (Å²) in [5.74, 6) is 1.44. The molecule has 1 fully saturated rings. The number of aromatic nitrogens is 2. The number of hydrogen-bond acceptors (Lipinski definition) is 3. The van der Waals surface area contributed by atoms with E-state index in [4.69, 9.17) is 4.98 Å². The molecular formula is C17H24N4O. The normalized spacial score (nSPS) is 19.5. The number of likely N-dealkylation sites (tertiary alicyclic amines) is 1. The van der Waals surface area contributed by atoms with Crippen LogP contribution in [-0.4, -0.2) is 52.4 Å². The fraction of sp³-hybridized carbons (Fsp3) is 0.529. The summed E-state index contributed by atoms with van der Waals surface area (Å²) in [5, 5.41) is 0. The molecule has 0 bridgehead atoms. The van der Waals surface area contributed by atoms with Crippen molar-refractivity contribution in [3.05, 3.63) is 30.1 Å². The van der Waals surface area contributed by atoms with Gasteiger partial charge in [-0.05, 0) is 31.5 Å². The molecule has 5 heteroatoms. The Morgan fingerprint density at radius 2 is 2.14 bits per heavy atom. The second-order valence-electron chi connectivity index (χ2n) is 6.38. The molecule has 1 amide bonds. The van der Waals surface area contributed by atoms with E-state index in [1.54, 1.807) is 4.90 Å². The zero-order chi connectivity index (χ0) is 15.7. The molecule has 2 aromatic rings. The van der Waals surface area contributed by atoms with Crippen LogP contribution in [0.2, 0.25) is 0 Å². The molecular weight excluding hydrogens is 276 g/mol. The van der Waals surface area contributed by atoms with E-state index in [2.05, 4.69) is 22.6 Å². The van der Waals surface area contributed by atoms with Crippen LogP contribution in [0.4, 0.5) is 0 Å². The van der Waals surface area contributed by atoms with Crippen LogP contribution in [0.5, 0.6) is 0 Å². The van der Waals surface area contributed by atoms with E-state index in [-0.39, 0.29) is 11.8 Å². The van der Waals surface area contributed by atoms with E-state index in [0.29, 0.717) is 0 Å². The lowest BCUT2D eigenvalue weighted by molar-refractivity contribution is -0.134. The second kappa shape index (κ2) is 6.08. The van der Waals surface area contributed by atoms with Crippen molar-refractivity contribution in [2.24, 2.45) is 13.0 Å². The number of aryl methyl sites for hydroxylation is 1. The molecule has 1 aromatic heterocycles.